The lowest BCUT2D eigenvalue weighted by molar-refractivity contribution is -0.141. The molecule has 0 aliphatic carbocycles. The number of sulfonamides is 1. The maximum absolute atomic E-state index is 14.5. The number of hydrogen-bond acceptors (Lipinski definition) is 13. The Labute approximate surface area is 447 Å². The predicted molar refractivity (Wildman–Crippen MR) is 287 cm³/mol. The summed E-state index contributed by atoms with van der Waals surface area (Å²) in [5.74, 6) is -6.39. The number of primary amides is 1. The lowest BCUT2D eigenvalue weighted by Crippen LogP contribution is -2.61. The lowest BCUT2D eigenvalue weighted by Gasteiger charge is -2.40. The van der Waals surface area contributed by atoms with Crippen LogP contribution in [0.15, 0.2) is 83.3 Å². The van der Waals surface area contributed by atoms with Gasteiger partial charge in [0, 0.05) is 55.5 Å². The van der Waals surface area contributed by atoms with Gasteiger partial charge in [-0.3, -0.25) is 43.3 Å². The molecule has 21 nitrogen and oxygen atoms in total. The van der Waals surface area contributed by atoms with Crippen LogP contribution in [0.1, 0.15) is 100 Å². The summed E-state index contributed by atoms with van der Waals surface area (Å²) >= 11 is 0. The standard InChI is InChI=1S/C54H79N9O12S/c1-33(2)39(62(12)51(71)47(53(6,7)8)60-50(70)46(56-11)54(9,10)37-20-14-13-15-21-37)31-35(5)48(68)61-76(73,74)41-23-17-16-22-38(41)58-49(69)36(19-18-27-57-52(55)72)32-40(64)45(34(3)4)59-42(65)26-29-75-30-28-63-43(66)24-25-44(63)67/h13-17,20-25,31,33-34,36,39,45-47,56H,18-19,26-30,32H2,1-12H3,(H,58,69)(H,59,65)(H,60,70)(H,61,68)(H3,55,57,72)/b35-31+/t36-,39-,45+,46-,47-/m1/s1. The normalized spacial score (nSPS) is 15.1. The van der Waals surface area contributed by atoms with Crippen molar-refractivity contribution in [3.63, 3.8) is 0 Å². The Hall–Kier alpha value is -6.78. The van der Waals surface area contributed by atoms with Crippen molar-refractivity contribution in [1.29, 1.82) is 0 Å². The fourth-order valence-electron chi connectivity index (χ4n) is 8.65. The van der Waals surface area contributed by atoms with Crippen LogP contribution >= 0.6 is 0 Å². The van der Waals surface area contributed by atoms with Crippen LogP contribution in [-0.2, 0) is 58.5 Å². The number of nitrogens with two attached hydrogens (primary N) is 1. The molecule has 5 atom stereocenters. The number of nitrogens with one attached hydrogen (secondary N) is 6. The molecule has 2 aromatic rings. The molecule has 0 bridgehead atoms. The number of benzene rings is 2. The number of urea groups is 1. The number of ketones is 1. The Morgan fingerprint density at radius 3 is 1.99 bits per heavy atom. The summed E-state index contributed by atoms with van der Waals surface area (Å²) in [6, 6.07) is 10.6. The van der Waals surface area contributed by atoms with E-state index < -0.39 is 121 Å². The number of anilines is 1. The van der Waals surface area contributed by atoms with Crippen molar-refractivity contribution in [2.45, 2.75) is 129 Å². The number of imide groups is 1. The van der Waals surface area contributed by atoms with Crippen LogP contribution in [0.25, 0.3) is 0 Å². The minimum absolute atomic E-state index is 0.00164. The Morgan fingerprint density at radius 1 is 0.816 bits per heavy atom. The third-order valence-electron chi connectivity index (χ3n) is 13.1. The molecule has 418 valence electrons. The highest BCUT2D eigenvalue weighted by Gasteiger charge is 2.42. The number of likely N-dealkylation sites (N-methyl/N-ethyl adjacent to an activating group) is 2. The largest absolute Gasteiger partial charge is 0.379 e. The number of hydrogen-bond donors (Lipinski definition) is 7. The quantitative estimate of drug-likeness (QED) is 0.0350. The molecule has 76 heavy (non-hydrogen) atoms. The minimum Gasteiger partial charge on any atom is -0.379 e. The maximum atomic E-state index is 14.5. The van der Waals surface area contributed by atoms with Crippen molar-refractivity contribution < 1.29 is 56.3 Å². The second-order valence-electron chi connectivity index (χ2n) is 21.2. The molecule has 3 rings (SSSR count). The number of carbonyl (C=O) groups excluding carboxylic acids is 9. The van der Waals surface area contributed by atoms with E-state index in [9.17, 15) is 51.6 Å². The van der Waals surface area contributed by atoms with Gasteiger partial charge in [-0.1, -0.05) is 111 Å². The molecule has 9 amide bonds. The Morgan fingerprint density at radius 2 is 1.42 bits per heavy atom. The monoisotopic (exact) mass is 1080 g/mol. The van der Waals surface area contributed by atoms with E-state index in [4.69, 9.17) is 10.5 Å². The van der Waals surface area contributed by atoms with E-state index in [2.05, 4.69) is 31.3 Å². The molecule has 0 spiro atoms. The third-order valence-corrected chi connectivity index (χ3v) is 14.5. The number of ether oxygens (including phenoxy) is 1. The van der Waals surface area contributed by atoms with Gasteiger partial charge in [0.15, 0.2) is 5.78 Å². The average molecular weight is 1080 g/mol. The molecule has 22 heteroatoms. The highest BCUT2D eigenvalue weighted by Crippen LogP contribution is 2.30. The second-order valence-corrected chi connectivity index (χ2v) is 22.8. The van der Waals surface area contributed by atoms with E-state index in [-0.39, 0.29) is 62.7 Å². The molecule has 1 heterocycles. The molecule has 0 saturated carbocycles. The Bertz CT molecular complexity index is 2570. The van der Waals surface area contributed by atoms with Gasteiger partial charge in [-0.15, -0.1) is 0 Å². The zero-order valence-electron chi connectivity index (χ0n) is 45.9. The number of nitrogens with zero attached hydrogens (tertiary/aromatic N) is 2. The van der Waals surface area contributed by atoms with Gasteiger partial charge in [0.1, 0.15) is 10.9 Å². The highest BCUT2D eigenvalue weighted by molar-refractivity contribution is 7.90. The van der Waals surface area contributed by atoms with Crippen molar-refractivity contribution >= 4 is 68.9 Å². The van der Waals surface area contributed by atoms with Crippen molar-refractivity contribution in [2.75, 3.05) is 45.7 Å². The summed E-state index contributed by atoms with van der Waals surface area (Å²) in [6.45, 7) is 17.8. The predicted octanol–water partition coefficient (Wildman–Crippen LogP) is 3.45. The first kappa shape index (κ1) is 63.5. The fourth-order valence-corrected chi connectivity index (χ4v) is 9.83. The number of carbonyl (C=O) groups is 9. The van der Waals surface area contributed by atoms with E-state index in [1.807, 2.05) is 78.8 Å². The Balaban J connectivity index is 1.79. The average Bonchev–Trinajstić information content (AvgIpc) is 3.66. The minimum atomic E-state index is -4.71. The van der Waals surface area contributed by atoms with E-state index >= 15 is 0 Å². The highest BCUT2D eigenvalue weighted by atomic mass is 32.2. The number of amides is 9. The summed E-state index contributed by atoms with van der Waals surface area (Å²) in [6.07, 6.45) is 3.44. The van der Waals surface area contributed by atoms with Crippen molar-refractivity contribution in [2.24, 2.45) is 28.9 Å². The van der Waals surface area contributed by atoms with E-state index in [1.54, 1.807) is 27.9 Å². The maximum Gasteiger partial charge on any atom is 0.312 e. The van der Waals surface area contributed by atoms with Gasteiger partial charge in [0.2, 0.25) is 23.6 Å². The second kappa shape index (κ2) is 28.4. The summed E-state index contributed by atoms with van der Waals surface area (Å²) in [4.78, 5) is 120. The number of Topliss-reactive ketones (excluding diaryl/α,β-unsaturated/α-hetero) is 1. The number of rotatable bonds is 29. The van der Waals surface area contributed by atoms with Gasteiger partial charge in [-0.05, 0) is 61.8 Å². The van der Waals surface area contributed by atoms with Gasteiger partial charge in [0.05, 0.1) is 43.6 Å². The fraction of sp³-hybridized carbons (Fsp3) is 0.537. The zero-order valence-corrected chi connectivity index (χ0v) is 46.7. The van der Waals surface area contributed by atoms with E-state index in [0.717, 1.165) is 22.6 Å². The Kier molecular flexibility index (Phi) is 23.7. The van der Waals surface area contributed by atoms with E-state index in [0.29, 0.717) is 0 Å². The van der Waals surface area contributed by atoms with Crippen LogP contribution in [0.3, 0.4) is 0 Å². The SMILES string of the molecule is CN[C@H](C(=O)N[C@H](C(=O)N(C)[C@H](/C=C(\C)C(=O)NS(=O)(=O)c1ccccc1NC(=O)[C@H](CCCNC(N)=O)CC(=O)[C@@H](NC(=O)CCOCCN1C(=O)C=CC1=O)C(C)C)C(C)C)C(C)(C)C)C(C)(C)c1ccccc1. The summed E-state index contributed by atoms with van der Waals surface area (Å²) < 4.78 is 35.6. The molecule has 8 N–H and O–H groups in total. The molecule has 0 fully saturated rings. The summed E-state index contributed by atoms with van der Waals surface area (Å²) in [5, 5.41) is 13.8. The van der Waals surface area contributed by atoms with Gasteiger partial charge in [-0.25, -0.2) is 17.9 Å². The third kappa shape index (κ3) is 18.2. The van der Waals surface area contributed by atoms with Crippen molar-refractivity contribution in [3.8, 4) is 0 Å². The van der Waals surface area contributed by atoms with E-state index in [1.165, 1.54) is 42.2 Å². The van der Waals surface area contributed by atoms with Gasteiger partial charge >= 0.3 is 6.03 Å². The van der Waals surface area contributed by atoms with Crippen LogP contribution in [-0.4, -0.2) is 136 Å². The first-order chi connectivity index (χ1) is 35.4. The molecular formula is C54H79N9O12S. The topological polar surface area (TPSA) is 302 Å². The molecule has 0 aromatic heterocycles. The van der Waals surface area contributed by atoms with Crippen LogP contribution < -0.4 is 37.0 Å². The summed E-state index contributed by atoms with van der Waals surface area (Å²) in [5.41, 5.74) is 4.45. The van der Waals surface area contributed by atoms with Gasteiger partial charge in [-0.2, -0.15) is 0 Å². The molecule has 1 aliphatic rings. The lowest BCUT2D eigenvalue weighted by atomic mass is 9.76. The van der Waals surface area contributed by atoms with Crippen LogP contribution in [0, 0.1) is 23.2 Å². The first-order valence-electron chi connectivity index (χ1n) is 25.4. The molecule has 0 saturated heterocycles. The summed E-state index contributed by atoms with van der Waals surface area (Å²) in [7, 11) is -1.48. The molecule has 0 radical (unpaired) electrons. The van der Waals surface area contributed by atoms with Crippen molar-refractivity contribution in [3.05, 3.63) is 84.0 Å². The molecule has 1 aliphatic heterocycles. The van der Waals surface area contributed by atoms with Crippen LogP contribution in [0.2, 0.25) is 0 Å². The molecular weight excluding hydrogens is 999 g/mol. The van der Waals surface area contributed by atoms with Crippen LogP contribution in [0.4, 0.5) is 10.5 Å². The van der Waals surface area contributed by atoms with Gasteiger partial charge < -0.3 is 42.0 Å². The zero-order chi connectivity index (χ0) is 57.3. The molecule has 2 aromatic carbocycles. The smallest absolute Gasteiger partial charge is 0.312 e. The molecule has 0 unspecified atom stereocenters. The van der Waals surface area contributed by atoms with Gasteiger partial charge in [0.25, 0.3) is 27.7 Å². The number of para-hydroxylation sites is 1. The van der Waals surface area contributed by atoms with Crippen LogP contribution in [0.5, 0.6) is 0 Å². The van der Waals surface area contributed by atoms with Crippen molar-refractivity contribution in [1.82, 2.24) is 35.8 Å². The first-order valence-corrected chi connectivity index (χ1v) is 26.8.